The Hall–Kier alpha value is -2.69. The van der Waals surface area contributed by atoms with E-state index in [1.165, 1.54) is 24.3 Å². The largest absolute Gasteiger partial charge is 0.450 e. The molecule has 26 heavy (non-hydrogen) atoms. The van der Waals surface area contributed by atoms with Gasteiger partial charge in [0.2, 0.25) is 0 Å². The summed E-state index contributed by atoms with van der Waals surface area (Å²) < 4.78 is 6.00. The Kier molecular flexibility index (Phi) is 5.21. The number of hydrogen-bond acceptors (Lipinski definition) is 4. The van der Waals surface area contributed by atoms with Gasteiger partial charge in [-0.15, -0.1) is 0 Å². The van der Waals surface area contributed by atoms with Gasteiger partial charge in [-0.2, -0.15) is 0 Å². The minimum atomic E-state index is -0.859. The van der Waals surface area contributed by atoms with Crippen LogP contribution in [0.4, 0.5) is 5.69 Å². The lowest BCUT2D eigenvalue weighted by molar-refractivity contribution is -0.384. The fourth-order valence-corrected chi connectivity index (χ4v) is 2.83. The maximum atomic E-state index is 12.8. The summed E-state index contributed by atoms with van der Waals surface area (Å²) >= 11 is 0. The monoisotopic (exact) mass is 355 g/mol. The van der Waals surface area contributed by atoms with Gasteiger partial charge < -0.3 is 4.74 Å². The van der Waals surface area contributed by atoms with Crippen LogP contribution in [0.5, 0.6) is 0 Å². The molecule has 0 radical (unpaired) electrons. The molecule has 0 bridgehead atoms. The fraction of sp³-hybridized carbons (Fsp3) is 0.381. The van der Waals surface area contributed by atoms with Gasteiger partial charge in [-0.05, 0) is 44.0 Å². The molecule has 0 aliphatic carbocycles. The number of rotatable bonds is 4. The molecule has 0 amide bonds. The molecule has 5 heteroatoms. The van der Waals surface area contributed by atoms with Crippen molar-refractivity contribution in [3.8, 4) is 0 Å². The number of ether oxygens (including phenoxy) is 1. The summed E-state index contributed by atoms with van der Waals surface area (Å²) in [6.45, 7) is 12.0. The Labute approximate surface area is 154 Å². The lowest BCUT2D eigenvalue weighted by Crippen LogP contribution is -2.42. The van der Waals surface area contributed by atoms with E-state index in [-0.39, 0.29) is 16.7 Å². The number of non-ortho nitro benzene ring substituents is 1. The second-order valence-electron chi connectivity index (χ2n) is 7.80. The van der Waals surface area contributed by atoms with Gasteiger partial charge in [0.05, 0.1) is 10.5 Å². The van der Waals surface area contributed by atoms with Crippen molar-refractivity contribution in [1.82, 2.24) is 0 Å². The first-order chi connectivity index (χ1) is 12.0. The minimum absolute atomic E-state index is 0.0605. The highest BCUT2D eigenvalue weighted by atomic mass is 16.6. The molecular weight excluding hydrogens is 330 g/mol. The van der Waals surface area contributed by atoms with Gasteiger partial charge in [0.1, 0.15) is 5.60 Å². The van der Waals surface area contributed by atoms with Crippen LogP contribution in [0.3, 0.4) is 0 Å². The van der Waals surface area contributed by atoms with Gasteiger partial charge in [-0.1, -0.05) is 44.5 Å². The summed E-state index contributed by atoms with van der Waals surface area (Å²) in [5.41, 5.74) is 2.10. The summed E-state index contributed by atoms with van der Waals surface area (Å²) in [6.07, 6.45) is 0. The van der Waals surface area contributed by atoms with Crippen molar-refractivity contribution in [2.24, 2.45) is 5.41 Å². The van der Waals surface area contributed by atoms with E-state index in [0.29, 0.717) is 0 Å². The number of esters is 1. The van der Waals surface area contributed by atoms with Crippen LogP contribution in [0.1, 0.15) is 54.7 Å². The molecule has 0 aromatic heterocycles. The highest BCUT2D eigenvalue weighted by Gasteiger charge is 2.44. The van der Waals surface area contributed by atoms with E-state index in [9.17, 15) is 14.9 Å². The second-order valence-corrected chi connectivity index (χ2v) is 7.80. The number of nitro benzene ring substituents is 1. The highest BCUT2D eigenvalue weighted by molar-refractivity contribution is 5.90. The molecule has 0 aliphatic rings. The van der Waals surface area contributed by atoms with E-state index in [1.54, 1.807) is 0 Å². The third kappa shape index (κ3) is 3.77. The summed E-state index contributed by atoms with van der Waals surface area (Å²) in [6, 6.07) is 11.6. The molecule has 2 aromatic rings. The van der Waals surface area contributed by atoms with Crippen molar-refractivity contribution in [3.05, 3.63) is 74.8 Å². The molecule has 0 N–H and O–H groups in total. The van der Waals surface area contributed by atoms with Crippen LogP contribution in [0.15, 0.2) is 42.5 Å². The van der Waals surface area contributed by atoms with Crippen LogP contribution in [0, 0.1) is 29.4 Å². The Bertz CT molecular complexity index is 834. The lowest BCUT2D eigenvalue weighted by atomic mass is 9.71. The lowest BCUT2D eigenvalue weighted by Gasteiger charge is -2.42. The Balaban J connectivity index is 2.44. The molecule has 0 aliphatic heterocycles. The normalized spacial score (nSPS) is 13.8. The highest BCUT2D eigenvalue weighted by Crippen LogP contribution is 2.44. The molecule has 0 spiro atoms. The summed E-state index contributed by atoms with van der Waals surface area (Å²) in [5.74, 6) is -0.502. The first-order valence-corrected chi connectivity index (χ1v) is 8.51. The third-order valence-electron chi connectivity index (χ3n) is 4.95. The molecule has 1 unspecified atom stereocenters. The van der Waals surface area contributed by atoms with Crippen molar-refractivity contribution in [1.29, 1.82) is 0 Å². The Morgan fingerprint density at radius 1 is 1.00 bits per heavy atom. The van der Waals surface area contributed by atoms with Gasteiger partial charge in [0.15, 0.2) is 0 Å². The molecule has 1 atom stereocenters. The first kappa shape index (κ1) is 19.6. The van der Waals surface area contributed by atoms with E-state index in [4.69, 9.17) is 4.74 Å². The molecular formula is C21H25NO4. The topological polar surface area (TPSA) is 69.4 Å². The summed E-state index contributed by atoms with van der Waals surface area (Å²) in [7, 11) is 0. The zero-order valence-corrected chi connectivity index (χ0v) is 16.1. The van der Waals surface area contributed by atoms with E-state index >= 15 is 0 Å². The fourth-order valence-electron chi connectivity index (χ4n) is 2.83. The van der Waals surface area contributed by atoms with Crippen molar-refractivity contribution in [2.45, 2.75) is 47.1 Å². The molecule has 2 rings (SSSR count). The molecule has 2 aromatic carbocycles. The van der Waals surface area contributed by atoms with E-state index in [1.807, 2.05) is 59.7 Å². The minimum Gasteiger partial charge on any atom is -0.450 e. The number of nitro groups is 1. The van der Waals surface area contributed by atoms with E-state index < -0.39 is 16.5 Å². The van der Waals surface area contributed by atoms with Crippen molar-refractivity contribution < 1.29 is 14.5 Å². The standard InChI is InChI=1S/C21H25NO4/c1-14-7-8-15(2)18(13-14)21(6,20(3,4)5)26-19(23)16-9-11-17(12-10-16)22(24)25/h7-13H,1-6H3. The van der Waals surface area contributed by atoms with Crippen LogP contribution < -0.4 is 0 Å². The van der Waals surface area contributed by atoms with E-state index in [2.05, 4.69) is 0 Å². The predicted molar refractivity (Wildman–Crippen MR) is 101 cm³/mol. The zero-order valence-electron chi connectivity index (χ0n) is 16.1. The summed E-state index contributed by atoms with van der Waals surface area (Å²) in [5, 5.41) is 10.8. The maximum absolute atomic E-state index is 12.8. The van der Waals surface area contributed by atoms with Crippen molar-refractivity contribution in [3.63, 3.8) is 0 Å². The van der Waals surface area contributed by atoms with Crippen LogP contribution >= 0.6 is 0 Å². The SMILES string of the molecule is Cc1ccc(C)c(C(C)(OC(=O)c2ccc([N+](=O)[O-])cc2)C(C)(C)C)c1. The van der Waals surface area contributed by atoms with Gasteiger partial charge in [0.25, 0.3) is 5.69 Å². The molecule has 0 fully saturated rings. The number of nitrogens with zero attached hydrogens (tertiary/aromatic N) is 1. The number of benzene rings is 2. The van der Waals surface area contributed by atoms with Crippen LogP contribution in [0.2, 0.25) is 0 Å². The Morgan fingerprint density at radius 3 is 2.08 bits per heavy atom. The maximum Gasteiger partial charge on any atom is 0.339 e. The van der Waals surface area contributed by atoms with Crippen molar-refractivity contribution in [2.75, 3.05) is 0 Å². The predicted octanol–water partition coefficient (Wildman–Crippen LogP) is 5.33. The van der Waals surface area contributed by atoms with Gasteiger partial charge in [-0.25, -0.2) is 4.79 Å². The van der Waals surface area contributed by atoms with Gasteiger partial charge >= 0.3 is 5.97 Å². The second kappa shape index (κ2) is 6.90. The van der Waals surface area contributed by atoms with Gasteiger partial charge in [0, 0.05) is 17.5 Å². The number of carbonyl (C=O) groups excluding carboxylic acids is 1. The molecule has 5 nitrogen and oxygen atoms in total. The van der Waals surface area contributed by atoms with Crippen LogP contribution in [-0.4, -0.2) is 10.9 Å². The molecule has 0 heterocycles. The van der Waals surface area contributed by atoms with E-state index in [0.717, 1.165) is 16.7 Å². The number of aryl methyl sites for hydroxylation is 2. The quantitative estimate of drug-likeness (QED) is 0.422. The first-order valence-electron chi connectivity index (χ1n) is 8.51. The average Bonchev–Trinajstić information content (AvgIpc) is 2.55. The number of carbonyl (C=O) groups is 1. The van der Waals surface area contributed by atoms with Gasteiger partial charge in [-0.3, -0.25) is 10.1 Å². The Morgan fingerprint density at radius 2 is 1.58 bits per heavy atom. The van der Waals surface area contributed by atoms with Crippen LogP contribution in [0.25, 0.3) is 0 Å². The number of hydrogen-bond donors (Lipinski definition) is 0. The molecule has 138 valence electrons. The third-order valence-corrected chi connectivity index (χ3v) is 4.95. The zero-order chi connectivity index (χ0) is 19.7. The molecule has 0 saturated carbocycles. The molecule has 0 saturated heterocycles. The summed E-state index contributed by atoms with van der Waals surface area (Å²) in [4.78, 5) is 23.1. The smallest absolute Gasteiger partial charge is 0.339 e. The van der Waals surface area contributed by atoms with Crippen molar-refractivity contribution >= 4 is 11.7 Å². The average molecular weight is 355 g/mol. The van der Waals surface area contributed by atoms with Crippen LogP contribution in [-0.2, 0) is 10.3 Å².